The summed E-state index contributed by atoms with van der Waals surface area (Å²) in [4.78, 5) is 21.6. The highest BCUT2D eigenvalue weighted by Gasteiger charge is 2.17. The average molecular weight is 451 g/mol. The third-order valence-corrected chi connectivity index (χ3v) is 6.32. The molecule has 32 heavy (non-hydrogen) atoms. The molecule has 1 aliphatic heterocycles. The number of benzene rings is 2. The lowest BCUT2D eigenvalue weighted by Gasteiger charge is -2.36. The minimum Gasteiger partial charge on any atom is -0.369 e. The van der Waals surface area contributed by atoms with Crippen molar-refractivity contribution in [1.29, 1.82) is 0 Å². The predicted molar refractivity (Wildman–Crippen MR) is 130 cm³/mol. The molecular weight excluding hydrogens is 420 g/mol. The van der Waals surface area contributed by atoms with Gasteiger partial charge in [-0.3, -0.25) is 14.8 Å². The van der Waals surface area contributed by atoms with Crippen molar-refractivity contribution in [2.45, 2.75) is 31.5 Å². The molecule has 2 N–H and O–H groups in total. The average Bonchev–Trinajstić information content (AvgIpc) is 3.27. The van der Waals surface area contributed by atoms with E-state index in [0.29, 0.717) is 5.16 Å². The molecule has 0 aliphatic carbocycles. The van der Waals surface area contributed by atoms with E-state index in [4.69, 9.17) is 0 Å². The third-order valence-electron chi connectivity index (χ3n) is 5.47. The monoisotopic (exact) mass is 450 g/mol. The number of amides is 1. The Labute approximate surface area is 193 Å². The fraction of sp³-hybridized carbons (Fsp3) is 0.375. The molecule has 0 spiro atoms. The van der Waals surface area contributed by atoms with Gasteiger partial charge in [-0.2, -0.15) is 0 Å². The Kier molecular flexibility index (Phi) is 7.79. The number of piperazine rings is 1. The number of aromatic nitrogens is 3. The van der Waals surface area contributed by atoms with Gasteiger partial charge in [0.05, 0.1) is 5.75 Å². The Morgan fingerprint density at radius 1 is 1.06 bits per heavy atom. The molecular formula is C24H30N6OS. The molecule has 1 aliphatic rings. The lowest BCUT2D eigenvalue weighted by Crippen LogP contribution is -2.45. The predicted octanol–water partition coefficient (Wildman–Crippen LogP) is 3.81. The maximum Gasteiger partial charge on any atom is 0.234 e. The molecule has 168 valence electrons. The number of aromatic amines is 1. The molecule has 0 bridgehead atoms. The van der Waals surface area contributed by atoms with E-state index in [1.807, 2.05) is 12.1 Å². The number of hydrogen-bond acceptors (Lipinski definition) is 6. The number of carbonyl (C=O) groups excluding carboxylic acids is 1. The molecule has 0 unspecified atom stereocenters. The van der Waals surface area contributed by atoms with Crippen LogP contribution in [0.5, 0.6) is 0 Å². The Morgan fingerprint density at radius 3 is 2.53 bits per heavy atom. The van der Waals surface area contributed by atoms with Gasteiger partial charge in [-0.15, -0.1) is 5.10 Å². The number of carbonyl (C=O) groups is 1. The molecule has 1 amide bonds. The van der Waals surface area contributed by atoms with E-state index in [9.17, 15) is 4.79 Å². The molecule has 0 atom stereocenters. The van der Waals surface area contributed by atoms with Gasteiger partial charge in [0.2, 0.25) is 11.1 Å². The lowest BCUT2D eigenvalue weighted by molar-refractivity contribution is -0.113. The van der Waals surface area contributed by atoms with E-state index in [0.717, 1.165) is 57.1 Å². The first-order chi connectivity index (χ1) is 15.7. The minimum absolute atomic E-state index is 0.0564. The highest BCUT2D eigenvalue weighted by atomic mass is 32.2. The van der Waals surface area contributed by atoms with Crippen molar-refractivity contribution in [3.8, 4) is 0 Å². The Balaban J connectivity index is 1.21. The first-order valence-electron chi connectivity index (χ1n) is 11.1. The standard InChI is InChI=1S/C24H30N6OS/c1-2-6-22-26-24(28-27-22)32-18-23(31)25-20-9-11-21(12-10-20)30-15-13-29(14-16-30)17-19-7-4-3-5-8-19/h3-5,7-12H,2,6,13-18H2,1H3,(H,25,31)(H,26,27,28). The van der Waals surface area contributed by atoms with Crippen molar-refractivity contribution < 1.29 is 4.79 Å². The summed E-state index contributed by atoms with van der Waals surface area (Å²) in [5.41, 5.74) is 3.37. The van der Waals surface area contributed by atoms with Crippen LogP contribution in [0.4, 0.5) is 11.4 Å². The second kappa shape index (κ2) is 11.2. The van der Waals surface area contributed by atoms with Crippen LogP contribution in [0.3, 0.4) is 0 Å². The first-order valence-corrected chi connectivity index (χ1v) is 12.1. The van der Waals surface area contributed by atoms with Crippen molar-refractivity contribution in [2.75, 3.05) is 42.1 Å². The molecule has 2 aromatic carbocycles. The summed E-state index contributed by atoms with van der Waals surface area (Å²) >= 11 is 1.34. The Hall–Kier alpha value is -2.84. The van der Waals surface area contributed by atoms with Crippen LogP contribution >= 0.6 is 11.8 Å². The molecule has 0 saturated carbocycles. The van der Waals surface area contributed by atoms with Gasteiger partial charge < -0.3 is 10.2 Å². The zero-order valence-corrected chi connectivity index (χ0v) is 19.3. The van der Waals surface area contributed by atoms with Crippen molar-refractivity contribution in [2.24, 2.45) is 0 Å². The summed E-state index contributed by atoms with van der Waals surface area (Å²) in [7, 11) is 0. The SMILES string of the molecule is CCCc1nc(SCC(=O)Nc2ccc(N3CCN(Cc4ccccc4)CC3)cc2)n[nH]1. The molecule has 8 heteroatoms. The van der Waals surface area contributed by atoms with Crippen molar-refractivity contribution in [3.63, 3.8) is 0 Å². The molecule has 7 nitrogen and oxygen atoms in total. The van der Waals surface area contributed by atoms with E-state index < -0.39 is 0 Å². The van der Waals surface area contributed by atoms with Gasteiger partial charge >= 0.3 is 0 Å². The van der Waals surface area contributed by atoms with Gasteiger partial charge in [0.25, 0.3) is 0 Å². The number of nitrogens with zero attached hydrogens (tertiary/aromatic N) is 4. The number of thioether (sulfide) groups is 1. The summed E-state index contributed by atoms with van der Waals surface area (Å²) < 4.78 is 0. The van der Waals surface area contributed by atoms with Gasteiger partial charge in [0, 0.05) is 50.5 Å². The minimum atomic E-state index is -0.0564. The third kappa shape index (κ3) is 6.34. The van der Waals surface area contributed by atoms with E-state index >= 15 is 0 Å². The molecule has 0 radical (unpaired) electrons. The van der Waals surface area contributed by atoms with Crippen LogP contribution in [0.2, 0.25) is 0 Å². The zero-order valence-electron chi connectivity index (χ0n) is 18.5. The summed E-state index contributed by atoms with van der Waals surface area (Å²) in [6.45, 7) is 7.21. The molecule has 2 heterocycles. The molecule has 1 fully saturated rings. The fourth-order valence-corrected chi connectivity index (χ4v) is 4.40. The second-order valence-corrected chi connectivity index (χ2v) is 8.89. The number of hydrogen-bond donors (Lipinski definition) is 2. The first kappa shape index (κ1) is 22.4. The molecule has 4 rings (SSSR count). The lowest BCUT2D eigenvalue weighted by atomic mass is 10.2. The van der Waals surface area contributed by atoms with Crippen LogP contribution in [-0.4, -0.2) is 57.9 Å². The van der Waals surface area contributed by atoms with Crippen LogP contribution in [0, 0.1) is 0 Å². The van der Waals surface area contributed by atoms with Crippen LogP contribution in [0.15, 0.2) is 59.8 Å². The molecule has 1 aromatic heterocycles. The highest BCUT2D eigenvalue weighted by Crippen LogP contribution is 2.21. The van der Waals surface area contributed by atoms with Crippen molar-refractivity contribution >= 4 is 29.0 Å². The van der Waals surface area contributed by atoms with Gasteiger partial charge in [-0.05, 0) is 36.2 Å². The number of rotatable bonds is 9. The maximum atomic E-state index is 12.3. The fourth-order valence-electron chi connectivity index (χ4n) is 3.78. The van der Waals surface area contributed by atoms with E-state index in [-0.39, 0.29) is 11.7 Å². The summed E-state index contributed by atoms with van der Waals surface area (Å²) in [5.74, 6) is 1.10. The zero-order chi connectivity index (χ0) is 22.2. The Bertz CT molecular complexity index is 983. The van der Waals surface area contributed by atoms with Crippen LogP contribution in [0.1, 0.15) is 24.7 Å². The molecule has 3 aromatic rings. The smallest absolute Gasteiger partial charge is 0.234 e. The van der Waals surface area contributed by atoms with Crippen LogP contribution in [-0.2, 0) is 17.8 Å². The summed E-state index contributed by atoms with van der Waals surface area (Å²) in [5, 5.41) is 10.6. The normalized spacial score (nSPS) is 14.5. The van der Waals surface area contributed by atoms with Crippen molar-refractivity contribution in [3.05, 3.63) is 66.0 Å². The number of aryl methyl sites for hydroxylation is 1. The van der Waals surface area contributed by atoms with Crippen LogP contribution < -0.4 is 10.2 Å². The number of H-pyrrole nitrogens is 1. The molecule has 1 saturated heterocycles. The Morgan fingerprint density at radius 2 is 1.81 bits per heavy atom. The largest absolute Gasteiger partial charge is 0.369 e. The summed E-state index contributed by atoms with van der Waals surface area (Å²) in [6.07, 6.45) is 1.88. The number of anilines is 2. The maximum absolute atomic E-state index is 12.3. The van der Waals surface area contributed by atoms with E-state index in [2.05, 4.69) is 79.7 Å². The highest BCUT2D eigenvalue weighted by molar-refractivity contribution is 7.99. The van der Waals surface area contributed by atoms with E-state index in [1.54, 1.807) is 0 Å². The van der Waals surface area contributed by atoms with Gasteiger partial charge in [-0.25, -0.2) is 4.98 Å². The topological polar surface area (TPSA) is 77.2 Å². The van der Waals surface area contributed by atoms with Gasteiger partial charge in [0.15, 0.2) is 0 Å². The van der Waals surface area contributed by atoms with Gasteiger partial charge in [0.1, 0.15) is 5.82 Å². The summed E-state index contributed by atoms with van der Waals surface area (Å²) in [6, 6.07) is 18.8. The van der Waals surface area contributed by atoms with Gasteiger partial charge in [-0.1, -0.05) is 49.0 Å². The number of nitrogens with one attached hydrogen (secondary N) is 2. The quantitative estimate of drug-likeness (QED) is 0.483. The van der Waals surface area contributed by atoms with Crippen LogP contribution in [0.25, 0.3) is 0 Å². The van der Waals surface area contributed by atoms with Crippen molar-refractivity contribution in [1.82, 2.24) is 20.1 Å². The van der Waals surface area contributed by atoms with E-state index in [1.165, 1.54) is 23.0 Å². The second-order valence-electron chi connectivity index (χ2n) is 7.95.